The second kappa shape index (κ2) is 3.59. The topological polar surface area (TPSA) is 45.4 Å². The molecule has 0 amide bonds. The first-order valence-corrected chi connectivity index (χ1v) is 5.42. The van der Waals surface area contributed by atoms with E-state index in [1.165, 1.54) is 0 Å². The molecule has 13 heavy (non-hydrogen) atoms. The predicted octanol–water partition coefficient (Wildman–Crippen LogP) is 1.50. The van der Waals surface area contributed by atoms with Gasteiger partial charge in [0.25, 0.3) is 0 Å². The zero-order chi connectivity index (χ0) is 9.31. The number of hydrogen-bond donors (Lipinski definition) is 2. The minimum Gasteiger partial charge on any atom is -0.454 e. The summed E-state index contributed by atoms with van der Waals surface area (Å²) in [5, 5.41) is 12.3. The molecule has 0 radical (unpaired) electrons. The third-order valence-corrected chi connectivity index (χ3v) is 3.00. The molecule has 1 aromatic rings. The van der Waals surface area contributed by atoms with Gasteiger partial charge in [-0.25, -0.2) is 0 Å². The van der Waals surface area contributed by atoms with Crippen LogP contribution in [0.4, 0.5) is 0 Å². The molecule has 2 rings (SSSR count). The molecule has 1 fully saturated rings. The highest BCUT2D eigenvalue weighted by Crippen LogP contribution is 2.34. The fourth-order valence-corrected chi connectivity index (χ4v) is 1.73. The number of nitrogens with one attached hydrogen (secondary N) is 1. The fraction of sp³-hybridized carbons (Fsp3) is 0.556. The van der Waals surface area contributed by atoms with Crippen LogP contribution in [-0.2, 0) is 6.54 Å². The van der Waals surface area contributed by atoms with Gasteiger partial charge in [0.2, 0.25) is 0 Å². The van der Waals surface area contributed by atoms with E-state index in [9.17, 15) is 0 Å². The number of furan rings is 1. The molecule has 0 bridgehead atoms. The highest BCUT2D eigenvalue weighted by Gasteiger charge is 2.41. The van der Waals surface area contributed by atoms with E-state index < -0.39 is 0 Å². The molecule has 0 aromatic carbocycles. The van der Waals surface area contributed by atoms with E-state index >= 15 is 0 Å². The molecular formula is C9H12INO2. The summed E-state index contributed by atoms with van der Waals surface area (Å²) in [6.45, 7) is 0.939. The van der Waals surface area contributed by atoms with Crippen LogP contribution >= 0.6 is 22.6 Å². The molecule has 4 heteroatoms. The summed E-state index contributed by atoms with van der Waals surface area (Å²) in [6, 6.07) is 3.90. The Bertz CT molecular complexity index is 294. The van der Waals surface area contributed by atoms with Crippen LogP contribution in [-0.4, -0.2) is 17.3 Å². The molecule has 2 N–H and O–H groups in total. The van der Waals surface area contributed by atoms with Gasteiger partial charge in [0.1, 0.15) is 5.76 Å². The van der Waals surface area contributed by atoms with Crippen molar-refractivity contribution in [3.63, 3.8) is 0 Å². The Labute approximate surface area is 90.7 Å². The molecule has 1 aromatic heterocycles. The second-order valence-corrected chi connectivity index (χ2v) is 4.56. The van der Waals surface area contributed by atoms with Gasteiger partial charge in [-0.1, -0.05) is 0 Å². The molecule has 0 unspecified atom stereocenters. The van der Waals surface area contributed by atoms with Crippen molar-refractivity contribution in [2.45, 2.75) is 24.9 Å². The number of rotatable bonds is 4. The lowest BCUT2D eigenvalue weighted by Crippen LogP contribution is -2.33. The van der Waals surface area contributed by atoms with Gasteiger partial charge < -0.3 is 14.8 Å². The lowest BCUT2D eigenvalue weighted by atomic mass is 10.3. The molecule has 1 saturated carbocycles. The first-order valence-electron chi connectivity index (χ1n) is 4.34. The van der Waals surface area contributed by atoms with Crippen molar-refractivity contribution in [3.05, 3.63) is 21.7 Å². The average molecular weight is 293 g/mol. The summed E-state index contributed by atoms with van der Waals surface area (Å²) >= 11 is 2.14. The summed E-state index contributed by atoms with van der Waals surface area (Å²) in [7, 11) is 0. The van der Waals surface area contributed by atoms with Gasteiger partial charge >= 0.3 is 0 Å². The Morgan fingerprint density at radius 1 is 1.54 bits per heavy atom. The lowest BCUT2D eigenvalue weighted by Gasteiger charge is -2.12. The summed E-state index contributed by atoms with van der Waals surface area (Å²) in [6.07, 6.45) is 2.14. The van der Waals surface area contributed by atoms with Crippen LogP contribution in [0.25, 0.3) is 0 Å². The molecule has 0 spiro atoms. The van der Waals surface area contributed by atoms with Crippen LogP contribution in [0.2, 0.25) is 0 Å². The standard InChI is InChI=1S/C9H12INO2/c10-8-2-1-7(13-8)5-11-9(6-12)3-4-9/h1-2,11-12H,3-6H2. The van der Waals surface area contributed by atoms with Gasteiger partial charge in [0.15, 0.2) is 3.77 Å². The number of hydrogen-bond acceptors (Lipinski definition) is 3. The molecule has 1 aliphatic rings. The molecule has 0 saturated heterocycles. The first-order chi connectivity index (χ1) is 6.24. The Balaban J connectivity index is 1.86. The van der Waals surface area contributed by atoms with Crippen LogP contribution < -0.4 is 5.32 Å². The highest BCUT2D eigenvalue weighted by atomic mass is 127. The predicted molar refractivity (Wildman–Crippen MR) is 57.3 cm³/mol. The van der Waals surface area contributed by atoms with Gasteiger partial charge in [-0.05, 0) is 47.6 Å². The molecule has 0 aliphatic heterocycles. The Morgan fingerprint density at radius 2 is 2.31 bits per heavy atom. The van der Waals surface area contributed by atoms with Gasteiger partial charge in [-0.15, -0.1) is 0 Å². The average Bonchev–Trinajstić information content (AvgIpc) is 2.81. The maximum atomic E-state index is 9.05. The first kappa shape index (κ1) is 9.48. The van der Waals surface area contributed by atoms with E-state index in [-0.39, 0.29) is 12.1 Å². The largest absolute Gasteiger partial charge is 0.454 e. The van der Waals surface area contributed by atoms with Crippen molar-refractivity contribution < 1.29 is 9.52 Å². The SMILES string of the molecule is OCC1(NCc2ccc(I)o2)CC1. The summed E-state index contributed by atoms with van der Waals surface area (Å²) in [5.74, 6) is 0.934. The quantitative estimate of drug-likeness (QED) is 0.827. The van der Waals surface area contributed by atoms with Crippen molar-refractivity contribution in [1.29, 1.82) is 0 Å². The minimum absolute atomic E-state index is 0.00176. The van der Waals surface area contributed by atoms with Crippen LogP contribution in [0.1, 0.15) is 18.6 Å². The summed E-state index contributed by atoms with van der Waals surface area (Å²) < 4.78 is 6.30. The monoisotopic (exact) mass is 293 g/mol. The smallest absolute Gasteiger partial charge is 0.164 e. The minimum atomic E-state index is -0.00176. The summed E-state index contributed by atoms with van der Waals surface area (Å²) in [4.78, 5) is 0. The number of aliphatic hydroxyl groups excluding tert-OH is 1. The molecular weight excluding hydrogens is 281 g/mol. The van der Waals surface area contributed by atoms with E-state index in [0.29, 0.717) is 6.54 Å². The Morgan fingerprint density at radius 3 is 2.77 bits per heavy atom. The molecule has 72 valence electrons. The van der Waals surface area contributed by atoms with Crippen molar-refractivity contribution in [2.24, 2.45) is 0 Å². The van der Waals surface area contributed by atoms with Crippen LogP contribution in [0, 0.1) is 3.77 Å². The number of aliphatic hydroxyl groups is 1. The Kier molecular flexibility index (Phi) is 2.62. The van der Waals surface area contributed by atoms with Gasteiger partial charge in [-0.3, -0.25) is 0 Å². The fourth-order valence-electron chi connectivity index (χ4n) is 1.26. The van der Waals surface area contributed by atoms with Crippen molar-refractivity contribution in [2.75, 3.05) is 6.61 Å². The van der Waals surface area contributed by atoms with E-state index in [2.05, 4.69) is 27.9 Å². The zero-order valence-corrected chi connectivity index (χ0v) is 9.37. The molecule has 1 aliphatic carbocycles. The van der Waals surface area contributed by atoms with E-state index in [4.69, 9.17) is 9.52 Å². The lowest BCUT2D eigenvalue weighted by molar-refractivity contribution is 0.226. The van der Waals surface area contributed by atoms with E-state index in [1.54, 1.807) is 0 Å². The highest BCUT2D eigenvalue weighted by molar-refractivity contribution is 14.1. The molecule has 0 atom stereocenters. The normalized spacial score (nSPS) is 18.9. The maximum Gasteiger partial charge on any atom is 0.164 e. The van der Waals surface area contributed by atoms with E-state index in [1.807, 2.05) is 12.1 Å². The van der Waals surface area contributed by atoms with Crippen molar-refractivity contribution >= 4 is 22.6 Å². The summed E-state index contributed by atoms with van der Waals surface area (Å²) in [5.41, 5.74) is -0.00176. The van der Waals surface area contributed by atoms with Crippen molar-refractivity contribution in [1.82, 2.24) is 5.32 Å². The molecule has 1 heterocycles. The molecule has 3 nitrogen and oxygen atoms in total. The van der Waals surface area contributed by atoms with Gasteiger partial charge in [0.05, 0.1) is 13.2 Å². The van der Waals surface area contributed by atoms with Crippen molar-refractivity contribution in [3.8, 4) is 0 Å². The van der Waals surface area contributed by atoms with Crippen LogP contribution in [0.5, 0.6) is 0 Å². The van der Waals surface area contributed by atoms with E-state index in [0.717, 1.165) is 22.4 Å². The zero-order valence-electron chi connectivity index (χ0n) is 7.22. The van der Waals surface area contributed by atoms with Crippen LogP contribution in [0.15, 0.2) is 16.5 Å². The maximum absolute atomic E-state index is 9.05. The van der Waals surface area contributed by atoms with Gasteiger partial charge in [0, 0.05) is 5.54 Å². The Hall–Kier alpha value is -0.0700. The van der Waals surface area contributed by atoms with Gasteiger partial charge in [-0.2, -0.15) is 0 Å². The second-order valence-electron chi connectivity index (χ2n) is 3.50. The third-order valence-electron chi connectivity index (χ3n) is 2.42. The third kappa shape index (κ3) is 2.24. The van der Waals surface area contributed by atoms with Crippen LogP contribution in [0.3, 0.4) is 0 Å². The number of halogens is 1.